The summed E-state index contributed by atoms with van der Waals surface area (Å²) in [6.07, 6.45) is 4.08. The first-order chi connectivity index (χ1) is 12.7. The molecule has 6 heteroatoms. The van der Waals surface area contributed by atoms with Crippen molar-refractivity contribution in [2.45, 2.75) is 50.2 Å². The van der Waals surface area contributed by atoms with Gasteiger partial charge in [0.25, 0.3) is 0 Å². The van der Waals surface area contributed by atoms with Crippen molar-refractivity contribution in [2.75, 3.05) is 26.8 Å². The standard InChI is InChI=1S/C20H29N3O3/c1-21-19(24)18(14-15-6-3-2-4-7-15)23-11-5-8-17(23)20(25)22-16-9-12-26-13-10-16/h2-4,6-7,16-18H,5,8-14H2,1H3,(H,21,24)(H,22,25)/t17-,18+/m0/s1. The zero-order valence-electron chi connectivity index (χ0n) is 15.4. The van der Waals surface area contributed by atoms with Crippen LogP contribution in [0.2, 0.25) is 0 Å². The summed E-state index contributed by atoms with van der Waals surface area (Å²) in [6.45, 7) is 2.18. The van der Waals surface area contributed by atoms with E-state index in [2.05, 4.69) is 15.5 Å². The first-order valence-electron chi connectivity index (χ1n) is 9.58. The summed E-state index contributed by atoms with van der Waals surface area (Å²) in [6, 6.07) is 9.63. The number of hydrogen-bond donors (Lipinski definition) is 2. The van der Waals surface area contributed by atoms with Crippen molar-refractivity contribution >= 4 is 11.8 Å². The van der Waals surface area contributed by atoms with Gasteiger partial charge >= 0.3 is 0 Å². The van der Waals surface area contributed by atoms with E-state index in [4.69, 9.17) is 4.74 Å². The number of nitrogens with one attached hydrogen (secondary N) is 2. The van der Waals surface area contributed by atoms with Crippen molar-refractivity contribution in [3.63, 3.8) is 0 Å². The number of ether oxygens (including phenoxy) is 1. The normalized spacial score (nSPS) is 22.7. The van der Waals surface area contributed by atoms with Crippen molar-refractivity contribution in [1.29, 1.82) is 0 Å². The topological polar surface area (TPSA) is 70.7 Å². The van der Waals surface area contributed by atoms with E-state index in [1.54, 1.807) is 7.05 Å². The van der Waals surface area contributed by atoms with Crippen LogP contribution in [0.5, 0.6) is 0 Å². The molecule has 0 aliphatic carbocycles. The molecule has 2 heterocycles. The Labute approximate surface area is 155 Å². The number of amides is 2. The summed E-state index contributed by atoms with van der Waals surface area (Å²) < 4.78 is 5.36. The van der Waals surface area contributed by atoms with Gasteiger partial charge in [0.2, 0.25) is 11.8 Å². The molecule has 1 aromatic carbocycles. The molecule has 3 rings (SSSR count). The summed E-state index contributed by atoms with van der Waals surface area (Å²) >= 11 is 0. The van der Waals surface area contributed by atoms with Crippen molar-refractivity contribution in [3.05, 3.63) is 35.9 Å². The number of carbonyl (C=O) groups is 2. The van der Waals surface area contributed by atoms with Gasteiger partial charge in [-0.1, -0.05) is 30.3 Å². The lowest BCUT2D eigenvalue weighted by Gasteiger charge is -2.33. The van der Waals surface area contributed by atoms with Gasteiger partial charge in [-0.15, -0.1) is 0 Å². The maximum Gasteiger partial charge on any atom is 0.237 e. The maximum absolute atomic E-state index is 12.9. The highest BCUT2D eigenvalue weighted by Gasteiger charge is 2.38. The molecule has 26 heavy (non-hydrogen) atoms. The zero-order valence-corrected chi connectivity index (χ0v) is 15.4. The lowest BCUT2D eigenvalue weighted by atomic mass is 10.0. The van der Waals surface area contributed by atoms with Crippen LogP contribution < -0.4 is 10.6 Å². The summed E-state index contributed by atoms with van der Waals surface area (Å²) in [7, 11) is 1.66. The highest BCUT2D eigenvalue weighted by molar-refractivity contribution is 5.86. The predicted molar refractivity (Wildman–Crippen MR) is 99.7 cm³/mol. The zero-order chi connectivity index (χ0) is 18.4. The first kappa shape index (κ1) is 18.9. The molecule has 2 aliphatic heterocycles. The third kappa shape index (κ3) is 4.62. The van der Waals surface area contributed by atoms with Gasteiger partial charge in [-0.2, -0.15) is 0 Å². The Morgan fingerprint density at radius 3 is 2.62 bits per heavy atom. The number of rotatable bonds is 6. The first-order valence-corrected chi connectivity index (χ1v) is 9.58. The van der Waals surface area contributed by atoms with Crippen LogP contribution >= 0.6 is 0 Å². The number of likely N-dealkylation sites (N-methyl/N-ethyl adjacent to an activating group) is 1. The van der Waals surface area contributed by atoms with Crippen molar-refractivity contribution in [1.82, 2.24) is 15.5 Å². The number of nitrogens with zero attached hydrogens (tertiary/aromatic N) is 1. The van der Waals surface area contributed by atoms with E-state index < -0.39 is 0 Å². The van der Waals surface area contributed by atoms with E-state index >= 15 is 0 Å². The molecule has 2 saturated heterocycles. The van der Waals surface area contributed by atoms with Crippen LogP contribution in [0.15, 0.2) is 30.3 Å². The summed E-state index contributed by atoms with van der Waals surface area (Å²) in [5.41, 5.74) is 1.11. The average molecular weight is 359 g/mol. The molecule has 0 unspecified atom stereocenters. The molecule has 0 bridgehead atoms. The van der Waals surface area contributed by atoms with Gasteiger partial charge < -0.3 is 15.4 Å². The highest BCUT2D eigenvalue weighted by Crippen LogP contribution is 2.23. The van der Waals surface area contributed by atoms with E-state index in [1.807, 2.05) is 30.3 Å². The summed E-state index contributed by atoms with van der Waals surface area (Å²) in [4.78, 5) is 27.5. The molecular formula is C20H29N3O3. The SMILES string of the molecule is CNC(=O)[C@@H](Cc1ccccc1)N1CCC[C@H]1C(=O)NC1CCOCC1. The molecule has 142 valence electrons. The smallest absolute Gasteiger partial charge is 0.237 e. The minimum absolute atomic E-state index is 0.0281. The van der Waals surface area contributed by atoms with Gasteiger partial charge in [0.15, 0.2) is 0 Å². The maximum atomic E-state index is 12.9. The van der Waals surface area contributed by atoms with Gasteiger partial charge in [0.1, 0.15) is 0 Å². The van der Waals surface area contributed by atoms with Crippen LogP contribution in [0.1, 0.15) is 31.2 Å². The Balaban J connectivity index is 1.69. The fraction of sp³-hybridized carbons (Fsp3) is 0.600. The minimum atomic E-state index is -0.324. The Morgan fingerprint density at radius 2 is 1.92 bits per heavy atom. The average Bonchev–Trinajstić information content (AvgIpc) is 3.17. The van der Waals surface area contributed by atoms with Gasteiger partial charge in [-0.3, -0.25) is 14.5 Å². The molecule has 0 spiro atoms. The molecular weight excluding hydrogens is 330 g/mol. The third-order valence-corrected chi connectivity index (χ3v) is 5.39. The van der Waals surface area contributed by atoms with Crippen LogP contribution in [-0.2, 0) is 20.7 Å². The largest absolute Gasteiger partial charge is 0.381 e. The molecule has 0 saturated carbocycles. The quantitative estimate of drug-likeness (QED) is 0.798. The van der Waals surface area contributed by atoms with E-state index in [0.29, 0.717) is 19.6 Å². The fourth-order valence-electron chi connectivity index (χ4n) is 3.95. The summed E-state index contributed by atoms with van der Waals surface area (Å²) in [5, 5.41) is 5.95. The Kier molecular flexibility index (Phi) is 6.63. The van der Waals surface area contributed by atoms with Gasteiger partial charge in [-0.25, -0.2) is 0 Å². The van der Waals surface area contributed by atoms with Crippen LogP contribution in [0.3, 0.4) is 0 Å². The molecule has 2 atom stereocenters. The summed E-state index contributed by atoms with van der Waals surface area (Å²) in [5.74, 6) is 0.0241. The van der Waals surface area contributed by atoms with E-state index in [-0.39, 0.29) is 29.9 Å². The molecule has 2 N–H and O–H groups in total. The second kappa shape index (κ2) is 9.14. The Morgan fingerprint density at radius 1 is 1.19 bits per heavy atom. The van der Waals surface area contributed by atoms with Crippen LogP contribution in [-0.4, -0.2) is 61.6 Å². The fourth-order valence-corrected chi connectivity index (χ4v) is 3.95. The van der Waals surface area contributed by atoms with Crippen LogP contribution in [0.4, 0.5) is 0 Å². The monoisotopic (exact) mass is 359 g/mol. The van der Waals surface area contributed by atoms with Gasteiger partial charge in [-0.05, 0) is 44.2 Å². The molecule has 0 aromatic heterocycles. The predicted octanol–water partition coefficient (Wildman–Crippen LogP) is 1.10. The van der Waals surface area contributed by atoms with E-state index in [1.165, 1.54) is 0 Å². The Hall–Kier alpha value is -1.92. The molecule has 2 amide bonds. The van der Waals surface area contributed by atoms with E-state index in [0.717, 1.165) is 37.8 Å². The second-order valence-electron chi connectivity index (χ2n) is 7.11. The highest BCUT2D eigenvalue weighted by atomic mass is 16.5. The number of benzene rings is 1. The molecule has 6 nitrogen and oxygen atoms in total. The van der Waals surface area contributed by atoms with Crippen molar-refractivity contribution < 1.29 is 14.3 Å². The number of hydrogen-bond acceptors (Lipinski definition) is 4. The lowest BCUT2D eigenvalue weighted by Crippen LogP contribution is -2.55. The molecule has 0 radical (unpaired) electrons. The molecule has 1 aromatic rings. The van der Waals surface area contributed by atoms with Crippen molar-refractivity contribution in [2.24, 2.45) is 0 Å². The third-order valence-electron chi connectivity index (χ3n) is 5.39. The van der Waals surface area contributed by atoms with Crippen LogP contribution in [0, 0.1) is 0 Å². The Bertz CT molecular complexity index is 602. The molecule has 2 fully saturated rings. The van der Waals surface area contributed by atoms with Gasteiger partial charge in [0, 0.05) is 26.3 Å². The minimum Gasteiger partial charge on any atom is -0.381 e. The number of carbonyl (C=O) groups excluding carboxylic acids is 2. The van der Waals surface area contributed by atoms with Crippen LogP contribution in [0.25, 0.3) is 0 Å². The lowest BCUT2D eigenvalue weighted by molar-refractivity contribution is -0.131. The van der Waals surface area contributed by atoms with Gasteiger partial charge in [0.05, 0.1) is 12.1 Å². The van der Waals surface area contributed by atoms with Crippen molar-refractivity contribution in [3.8, 4) is 0 Å². The molecule has 2 aliphatic rings. The van der Waals surface area contributed by atoms with E-state index in [9.17, 15) is 9.59 Å². The number of likely N-dealkylation sites (tertiary alicyclic amines) is 1. The second-order valence-corrected chi connectivity index (χ2v) is 7.11.